The summed E-state index contributed by atoms with van der Waals surface area (Å²) in [5.41, 5.74) is 0.970. The fourth-order valence-corrected chi connectivity index (χ4v) is 2.87. The second-order valence-corrected chi connectivity index (χ2v) is 6.07. The summed E-state index contributed by atoms with van der Waals surface area (Å²) in [6, 6.07) is 6.51. The summed E-state index contributed by atoms with van der Waals surface area (Å²) in [4.78, 5) is 16.0. The Labute approximate surface area is 130 Å². The van der Waals surface area contributed by atoms with Gasteiger partial charge in [0.05, 0.1) is 13.2 Å². The molecule has 0 bridgehead atoms. The van der Waals surface area contributed by atoms with E-state index in [0.29, 0.717) is 13.1 Å². The summed E-state index contributed by atoms with van der Waals surface area (Å²) in [6.45, 7) is 1.77. The van der Waals surface area contributed by atoms with Gasteiger partial charge in [-0.05, 0) is 38.2 Å². The molecule has 5 nitrogen and oxygen atoms in total. The summed E-state index contributed by atoms with van der Waals surface area (Å²) in [5.74, 6) is -0.283. The average Bonchev–Trinajstić information content (AvgIpc) is 2.80. The molecule has 1 aromatic rings. The molecule has 1 aliphatic rings. The predicted octanol–water partition coefficient (Wildman–Crippen LogP) is 0.439. The van der Waals surface area contributed by atoms with E-state index in [1.165, 1.54) is 12.1 Å². The van der Waals surface area contributed by atoms with Crippen LogP contribution >= 0.6 is 0 Å². The molecule has 0 radical (unpaired) electrons. The first-order chi connectivity index (χ1) is 10.5. The lowest BCUT2D eigenvalue weighted by molar-refractivity contribution is -0.122. The molecule has 0 unspecified atom stereocenters. The van der Waals surface area contributed by atoms with Crippen molar-refractivity contribution in [2.45, 2.75) is 25.0 Å². The lowest BCUT2D eigenvalue weighted by Gasteiger charge is -2.18. The maximum absolute atomic E-state index is 12.9. The molecule has 1 aliphatic heterocycles. The monoisotopic (exact) mass is 309 g/mol. The largest absolute Gasteiger partial charge is 0.395 e. The molecule has 1 amide bonds. The number of amides is 1. The van der Waals surface area contributed by atoms with Crippen molar-refractivity contribution in [1.82, 2.24) is 15.1 Å². The second-order valence-electron chi connectivity index (χ2n) is 6.07. The minimum atomic E-state index is -0.257. The Balaban J connectivity index is 1.76. The van der Waals surface area contributed by atoms with E-state index in [-0.39, 0.29) is 30.4 Å². The highest BCUT2D eigenvalue weighted by Gasteiger charge is 2.29. The Bertz CT molecular complexity index is 495. The third-order valence-corrected chi connectivity index (χ3v) is 4.04. The van der Waals surface area contributed by atoms with E-state index in [1.54, 1.807) is 12.1 Å². The quantitative estimate of drug-likeness (QED) is 0.801. The van der Waals surface area contributed by atoms with E-state index in [1.807, 2.05) is 19.0 Å². The van der Waals surface area contributed by atoms with Crippen LogP contribution in [0.4, 0.5) is 4.39 Å². The van der Waals surface area contributed by atoms with Crippen molar-refractivity contribution in [3.8, 4) is 0 Å². The number of halogens is 1. The molecular formula is C16H24FN3O2. The zero-order chi connectivity index (χ0) is 16.1. The van der Waals surface area contributed by atoms with Crippen molar-refractivity contribution in [3.05, 3.63) is 35.6 Å². The number of carbonyl (C=O) groups excluding carboxylic acids is 1. The number of rotatable bonds is 6. The van der Waals surface area contributed by atoms with Crippen LogP contribution in [0.2, 0.25) is 0 Å². The molecule has 1 heterocycles. The Kier molecular flexibility index (Phi) is 5.88. The van der Waals surface area contributed by atoms with Gasteiger partial charge in [0.25, 0.3) is 0 Å². The molecule has 22 heavy (non-hydrogen) atoms. The predicted molar refractivity (Wildman–Crippen MR) is 82.8 cm³/mol. The Morgan fingerprint density at radius 1 is 1.45 bits per heavy atom. The number of aliphatic hydroxyl groups excluding tert-OH is 1. The minimum Gasteiger partial charge on any atom is -0.395 e. The highest BCUT2D eigenvalue weighted by molar-refractivity contribution is 5.78. The van der Waals surface area contributed by atoms with E-state index in [0.717, 1.165) is 18.5 Å². The van der Waals surface area contributed by atoms with E-state index in [4.69, 9.17) is 0 Å². The first kappa shape index (κ1) is 16.9. The van der Waals surface area contributed by atoms with Crippen LogP contribution in [0, 0.1) is 5.82 Å². The molecule has 1 saturated heterocycles. The van der Waals surface area contributed by atoms with Crippen LogP contribution in [0.15, 0.2) is 24.3 Å². The maximum atomic E-state index is 12.9. The molecule has 2 N–H and O–H groups in total. The zero-order valence-corrected chi connectivity index (χ0v) is 13.1. The second kappa shape index (κ2) is 7.67. The Hall–Kier alpha value is -1.50. The number of likely N-dealkylation sites (tertiary alicyclic amines) is 1. The molecule has 6 heteroatoms. The fourth-order valence-electron chi connectivity index (χ4n) is 2.87. The van der Waals surface area contributed by atoms with E-state index in [9.17, 15) is 14.3 Å². The van der Waals surface area contributed by atoms with Gasteiger partial charge in [0.2, 0.25) is 5.91 Å². The van der Waals surface area contributed by atoms with Gasteiger partial charge in [-0.2, -0.15) is 0 Å². The van der Waals surface area contributed by atoms with Gasteiger partial charge >= 0.3 is 0 Å². The zero-order valence-electron chi connectivity index (χ0n) is 13.1. The molecule has 0 aliphatic carbocycles. The van der Waals surface area contributed by atoms with Crippen molar-refractivity contribution in [2.24, 2.45) is 0 Å². The van der Waals surface area contributed by atoms with Crippen LogP contribution in [0.5, 0.6) is 0 Å². The van der Waals surface area contributed by atoms with Crippen LogP contribution in [-0.4, -0.2) is 66.7 Å². The topological polar surface area (TPSA) is 55.8 Å². The van der Waals surface area contributed by atoms with Gasteiger partial charge in [0.15, 0.2) is 0 Å². The van der Waals surface area contributed by atoms with Gasteiger partial charge in [-0.15, -0.1) is 0 Å². The summed E-state index contributed by atoms with van der Waals surface area (Å²) < 4.78 is 12.9. The lowest BCUT2D eigenvalue weighted by atomic mass is 10.2. The highest BCUT2D eigenvalue weighted by Crippen LogP contribution is 2.15. The molecular weight excluding hydrogens is 285 g/mol. The molecule has 0 spiro atoms. The number of nitrogens with zero attached hydrogens (tertiary/aromatic N) is 2. The van der Waals surface area contributed by atoms with Gasteiger partial charge in [-0.3, -0.25) is 14.6 Å². The number of nitrogens with one attached hydrogen (secondary N) is 1. The summed E-state index contributed by atoms with van der Waals surface area (Å²) in [7, 11) is 3.81. The number of carbonyl (C=O) groups is 1. The van der Waals surface area contributed by atoms with Crippen molar-refractivity contribution >= 4 is 5.91 Å². The average molecular weight is 309 g/mol. The number of benzene rings is 1. The van der Waals surface area contributed by atoms with E-state index >= 15 is 0 Å². The molecule has 0 saturated carbocycles. The molecule has 2 atom stereocenters. The number of aliphatic hydroxyl groups is 1. The standard InChI is InChI=1S/C16H24FN3O2/c1-19(8-12-3-5-13(17)6-4-12)10-16(22)18-14-7-15(11-21)20(2)9-14/h3-6,14-15,21H,7-11H2,1-2H3,(H,18,22)/t14-,15+/m1/s1. The van der Waals surface area contributed by atoms with Crippen LogP contribution in [0.3, 0.4) is 0 Å². The SMILES string of the molecule is CN(CC(=O)N[C@@H]1C[C@@H](CO)N(C)C1)Cc1ccc(F)cc1. The summed E-state index contributed by atoms with van der Waals surface area (Å²) in [5, 5.41) is 12.2. The van der Waals surface area contributed by atoms with E-state index < -0.39 is 0 Å². The highest BCUT2D eigenvalue weighted by atomic mass is 19.1. The first-order valence-corrected chi connectivity index (χ1v) is 7.51. The van der Waals surface area contributed by atoms with Crippen molar-refractivity contribution in [3.63, 3.8) is 0 Å². The van der Waals surface area contributed by atoms with Gasteiger partial charge in [0, 0.05) is 25.2 Å². The third-order valence-electron chi connectivity index (χ3n) is 4.04. The molecule has 2 rings (SSSR count). The molecule has 1 aromatic carbocycles. The first-order valence-electron chi connectivity index (χ1n) is 7.51. The normalized spacial score (nSPS) is 22.2. The third kappa shape index (κ3) is 4.76. The van der Waals surface area contributed by atoms with Gasteiger partial charge < -0.3 is 10.4 Å². The van der Waals surface area contributed by atoms with E-state index in [2.05, 4.69) is 10.2 Å². The van der Waals surface area contributed by atoms with Gasteiger partial charge in [-0.1, -0.05) is 12.1 Å². The van der Waals surface area contributed by atoms with Gasteiger partial charge in [-0.25, -0.2) is 4.39 Å². The molecule has 0 aromatic heterocycles. The Morgan fingerprint density at radius 2 is 2.14 bits per heavy atom. The van der Waals surface area contributed by atoms with Crippen molar-refractivity contribution < 1.29 is 14.3 Å². The number of likely N-dealkylation sites (N-methyl/N-ethyl adjacent to an activating group) is 2. The Morgan fingerprint density at radius 3 is 2.73 bits per heavy atom. The smallest absolute Gasteiger partial charge is 0.234 e. The van der Waals surface area contributed by atoms with Crippen molar-refractivity contribution in [1.29, 1.82) is 0 Å². The van der Waals surface area contributed by atoms with Crippen LogP contribution in [0.25, 0.3) is 0 Å². The van der Waals surface area contributed by atoms with Crippen molar-refractivity contribution in [2.75, 3.05) is 33.8 Å². The van der Waals surface area contributed by atoms with Gasteiger partial charge in [0.1, 0.15) is 5.82 Å². The molecule has 1 fully saturated rings. The summed E-state index contributed by atoms with van der Waals surface area (Å²) >= 11 is 0. The number of hydrogen-bond acceptors (Lipinski definition) is 4. The summed E-state index contributed by atoms with van der Waals surface area (Å²) in [6.07, 6.45) is 0.778. The van der Waals surface area contributed by atoms with Crippen LogP contribution < -0.4 is 5.32 Å². The van der Waals surface area contributed by atoms with Crippen LogP contribution in [0.1, 0.15) is 12.0 Å². The fraction of sp³-hybridized carbons (Fsp3) is 0.562. The maximum Gasteiger partial charge on any atom is 0.234 e. The lowest BCUT2D eigenvalue weighted by Crippen LogP contribution is -2.41. The number of hydrogen-bond donors (Lipinski definition) is 2. The minimum absolute atomic E-state index is 0.0263. The van der Waals surface area contributed by atoms with Crippen LogP contribution in [-0.2, 0) is 11.3 Å². The molecule has 122 valence electrons.